The van der Waals surface area contributed by atoms with E-state index in [4.69, 9.17) is 37.4 Å². The molecule has 1 amide bonds. The van der Waals surface area contributed by atoms with Gasteiger partial charge < -0.3 is 19.3 Å². The number of aliphatic hydroxyl groups is 1. The van der Waals surface area contributed by atoms with Gasteiger partial charge in [0.2, 0.25) is 0 Å². The quantitative estimate of drug-likeness (QED) is 0.140. The highest BCUT2D eigenvalue weighted by Crippen LogP contribution is 2.48. The zero-order valence-electron chi connectivity index (χ0n) is 22.0. The SMILES string of the molecule is COc1c(Cl)cc(/C(O)=C2\C(=O)C(=O)N(c3ccc(OCc4ccccc4)cc3)C2c2cccnc2)c(OC)c1Cl. The van der Waals surface area contributed by atoms with Crippen molar-refractivity contribution in [3.05, 3.63) is 117 Å². The number of hydrogen-bond acceptors (Lipinski definition) is 7. The Kier molecular flexibility index (Phi) is 8.14. The lowest BCUT2D eigenvalue weighted by Crippen LogP contribution is -2.29. The molecule has 208 valence electrons. The molecule has 0 aliphatic carbocycles. The number of benzene rings is 3. The van der Waals surface area contributed by atoms with Crippen molar-refractivity contribution in [3.8, 4) is 17.2 Å². The molecule has 1 fully saturated rings. The van der Waals surface area contributed by atoms with E-state index in [1.165, 1.54) is 31.4 Å². The molecule has 0 radical (unpaired) electrons. The van der Waals surface area contributed by atoms with Crippen molar-refractivity contribution >= 4 is 46.3 Å². The maximum atomic E-state index is 13.5. The summed E-state index contributed by atoms with van der Waals surface area (Å²) in [5, 5.41) is 11.6. The highest BCUT2D eigenvalue weighted by Gasteiger charge is 2.47. The highest BCUT2D eigenvalue weighted by atomic mass is 35.5. The fourth-order valence-electron chi connectivity index (χ4n) is 4.69. The van der Waals surface area contributed by atoms with E-state index in [0.717, 1.165) is 5.56 Å². The second-order valence-electron chi connectivity index (χ2n) is 9.01. The first-order chi connectivity index (χ1) is 19.8. The summed E-state index contributed by atoms with van der Waals surface area (Å²) in [4.78, 5) is 32.5. The number of aromatic nitrogens is 1. The van der Waals surface area contributed by atoms with Crippen LogP contribution in [0, 0.1) is 0 Å². The standard InChI is InChI=1S/C31H24Cl2N2O6/c1-39-29-22(15-23(32)30(40-2)25(29)33)27(36)24-26(19-9-6-14-34-16-19)35(31(38)28(24)37)20-10-12-21(13-11-20)41-17-18-7-4-3-5-8-18/h3-16,26,36H,17H2,1-2H3/b27-24+. The Bertz CT molecular complexity index is 1630. The van der Waals surface area contributed by atoms with Gasteiger partial charge in [0.15, 0.2) is 11.5 Å². The Morgan fingerprint density at radius 1 is 0.951 bits per heavy atom. The van der Waals surface area contributed by atoms with Crippen LogP contribution in [0.3, 0.4) is 0 Å². The molecule has 10 heteroatoms. The molecule has 1 aromatic heterocycles. The van der Waals surface area contributed by atoms with Gasteiger partial charge in [-0.15, -0.1) is 0 Å². The third kappa shape index (κ3) is 5.31. The van der Waals surface area contributed by atoms with Gasteiger partial charge in [-0.25, -0.2) is 0 Å². The fourth-order valence-corrected chi connectivity index (χ4v) is 5.37. The van der Waals surface area contributed by atoms with Gasteiger partial charge in [0.25, 0.3) is 11.7 Å². The minimum atomic E-state index is -1.01. The lowest BCUT2D eigenvalue weighted by Gasteiger charge is -2.25. The topological polar surface area (TPSA) is 98.2 Å². The molecular weight excluding hydrogens is 567 g/mol. The molecule has 1 unspecified atom stereocenters. The smallest absolute Gasteiger partial charge is 0.300 e. The Labute approximate surface area is 246 Å². The first kappa shape index (κ1) is 28.0. The summed E-state index contributed by atoms with van der Waals surface area (Å²) >= 11 is 12.8. The van der Waals surface area contributed by atoms with E-state index in [2.05, 4.69) is 4.98 Å². The van der Waals surface area contributed by atoms with Crippen molar-refractivity contribution in [1.82, 2.24) is 4.98 Å². The number of pyridine rings is 1. The van der Waals surface area contributed by atoms with Gasteiger partial charge in [0.1, 0.15) is 23.1 Å². The van der Waals surface area contributed by atoms with Crippen LogP contribution in [-0.4, -0.2) is 36.0 Å². The molecule has 1 N–H and O–H groups in total. The summed E-state index contributed by atoms with van der Waals surface area (Å²) in [6.45, 7) is 0.370. The highest BCUT2D eigenvalue weighted by molar-refractivity contribution is 6.52. The van der Waals surface area contributed by atoms with Gasteiger partial charge in [-0.3, -0.25) is 19.5 Å². The molecule has 2 heterocycles. The summed E-state index contributed by atoms with van der Waals surface area (Å²) in [5.74, 6) is -1.49. The summed E-state index contributed by atoms with van der Waals surface area (Å²) in [6, 6.07) is 20.2. The monoisotopic (exact) mass is 590 g/mol. The molecule has 5 rings (SSSR count). The lowest BCUT2D eigenvalue weighted by atomic mass is 9.95. The molecule has 1 aliphatic rings. The third-order valence-electron chi connectivity index (χ3n) is 6.60. The van der Waals surface area contributed by atoms with Crippen molar-refractivity contribution in [1.29, 1.82) is 0 Å². The zero-order valence-corrected chi connectivity index (χ0v) is 23.5. The Hall–Kier alpha value is -4.53. The van der Waals surface area contributed by atoms with E-state index < -0.39 is 23.5 Å². The number of amides is 1. The maximum Gasteiger partial charge on any atom is 0.300 e. The molecular formula is C31H24Cl2N2O6. The molecule has 0 bridgehead atoms. The first-order valence-corrected chi connectivity index (χ1v) is 13.2. The van der Waals surface area contributed by atoms with Crippen molar-refractivity contribution in [2.24, 2.45) is 0 Å². The van der Waals surface area contributed by atoms with Gasteiger partial charge in [0.05, 0.1) is 36.4 Å². The number of halogens is 2. The number of anilines is 1. The van der Waals surface area contributed by atoms with Crippen molar-refractivity contribution in [2.45, 2.75) is 12.6 Å². The van der Waals surface area contributed by atoms with Gasteiger partial charge in [-0.05, 0) is 47.5 Å². The number of carbonyl (C=O) groups is 2. The van der Waals surface area contributed by atoms with E-state index in [9.17, 15) is 14.7 Å². The van der Waals surface area contributed by atoms with E-state index in [1.54, 1.807) is 42.6 Å². The molecule has 8 nitrogen and oxygen atoms in total. The van der Waals surface area contributed by atoms with E-state index in [1.807, 2.05) is 30.3 Å². The van der Waals surface area contributed by atoms with Crippen molar-refractivity contribution < 1.29 is 28.9 Å². The molecule has 0 spiro atoms. The Morgan fingerprint density at radius 2 is 1.66 bits per heavy atom. The average molecular weight is 591 g/mol. The van der Waals surface area contributed by atoms with Gasteiger partial charge in [-0.2, -0.15) is 0 Å². The molecule has 3 aromatic carbocycles. The molecule has 4 aromatic rings. The number of hydrogen-bond donors (Lipinski definition) is 1. The first-order valence-electron chi connectivity index (χ1n) is 12.4. The number of Topliss-reactive ketones (excluding diaryl/α,β-unsaturated/α-hetero) is 1. The number of rotatable bonds is 8. The van der Waals surface area contributed by atoms with Crippen LogP contribution in [0.4, 0.5) is 5.69 Å². The normalized spacial score (nSPS) is 16.1. The summed E-state index contributed by atoms with van der Waals surface area (Å²) in [5.41, 5.74) is 1.78. The van der Waals surface area contributed by atoms with Crippen molar-refractivity contribution in [2.75, 3.05) is 19.1 Å². The van der Waals surface area contributed by atoms with Crippen LogP contribution in [0.2, 0.25) is 10.0 Å². The largest absolute Gasteiger partial charge is 0.507 e. The molecule has 1 saturated heterocycles. The van der Waals surface area contributed by atoms with Crippen LogP contribution < -0.4 is 19.1 Å². The molecule has 1 atom stereocenters. The van der Waals surface area contributed by atoms with Gasteiger partial charge in [0, 0.05) is 18.1 Å². The Morgan fingerprint density at radius 3 is 2.29 bits per heavy atom. The van der Waals surface area contributed by atoms with Gasteiger partial charge in [-0.1, -0.05) is 59.6 Å². The van der Waals surface area contributed by atoms with Crippen LogP contribution in [0.1, 0.15) is 22.7 Å². The minimum Gasteiger partial charge on any atom is -0.507 e. The van der Waals surface area contributed by atoms with Crippen LogP contribution in [0.15, 0.2) is 90.8 Å². The summed E-state index contributed by atoms with van der Waals surface area (Å²) < 4.78 is 16.6. The number of ketones is 1. The summed E-state index contributed by atoms with van der Waals surface area (Å²) in [6.07, 6.45) is 3.10. The fraction of sp³-hybridized carbons (Fsp3) is 0.129. The zero-order chi connectivity index (χ0) is 29.1. The second kappa shape index (κ2) is 11.9. The van der Waals surface area contributed by atoms with E-state index >= 15 is 0 Å². The van der Waals surface area contributed by atoms with E-state index in [0.29, 0.717) is 23.6 Å². The van der Waals surface area contributed by atoms with Crippen molar-refractivity contribution in [3.63, 3.8) is 0 Å². The summed E-state index contributed by atoms with van der Waals surface area (Å²) in [7, 11) is 2.74. The van der Waals surface area contributed by atoms with E-state index in [-0.39, 0.29) is 32.7 Å². The van der Waals surface area contributed by atoms with Crippen LogP contribution >= 0.6 is 23.2 Å². The third-order valence-corrected chi connectivity index (χ3v) is 7.23. The lowest BCUT2D eigenvalue weighted by molar-refractivity contribution is -0.132. The average Bonchev–Trinajstić information content (AvgIpc) is 3.26. The van der Waals surface area contributed by atoms with Crippen LogP contribution in [0.5, 0.6) is 17.2 Å². The minimum absolute atomic E-state index is 0.00213. The number of aliphatic hydroxyl groups excluding tert-OH is 1. The number of nitrogens with zero attached hydrogens (tertiary/aromatic N) is 2. The predicted molar refractivity (Wildman–Crippen MR) is 156 cm³/mol. The number of methoxy groups -OCH3 is 2. The molecule has 41 heavy (non-hydrogen) atoms. The number of carbonyl (C=O) groups excluding carboxylic acids is 2. The molecule has 1 aliphatic heterocycles. The van der Waals surface area contributed by atoms with Crippen LogP contribution in [-0.2, 0) is 16.2 Å². The predicted octanol–water partition coefficient (Wildman–Crippen LogP) is 6.61. The van der Waals surface area contributed by atoms with Gasteiger partial charge >= 0.3 is 0 Å². The molecule has 0 saturated carbocycles. The van der Waals surface area contributed by atoms with Crippen LogP contribution in [0.25, 0.3) is 5.76 Å². The number of ether oxygens (including phenoxy) is 3. The second-order valence-corrected chi connectivity index (χ2v) is 9.80. The Balaban J connectivity index is 1.59. The maximum absolute atomic E-state index is 13.5.